The second-order valence-electron chi connectivity index (χ2n) is 7.75. The van der Waals surface area contributed by atoms with Crippen LogP contribution < -0.4 is 0 Å². The molecule has 15 heavy (non-hydrogen) atoms. The Morgan fingerprint density at radius 1 is 0.733 bits per heavy atom. The highest BCUT2D eigenvalue weighted by atomic mass is 28.3. The summed E-state index contributed by atoms with van der Waals surface area (Å²) >= 11 is 0. The minimum Gasteiger partial charge on any atom is -0.0764 e. The maximum atomic E-state index is 2.46. The molecule has 0 N–H and O–H groups in total. The van der Waals surface area contributed by atoms with E-state index in [1.165, 1.54) is 0 Å². The van der Waals surface area contributed by atoms with Crippen molar-refractivity contribution in [3.8, 4) is 0 Å². The summed E-state index contributed by atoms with van der Waals surface area (Å²) in [6.07, 6.45) is 0. The van der Waals surface area contributed by atoms with Gasteiger partial charge in [-0.1, -0.05) is 72.0 Å². The number of rotatable bonds is 1. The van der Waals surface area contributed by atoms with E-state index < -0.39 is 8.07 Å². The molecule has 0 radical (unpaired) electrons. The minimum atomic E-state index is -1.22. The van der Waals surface area contributed by atoms with Crippen LogP contribution in [0.25, 0.3) is 0 Å². The maximum absolute atomic E-state index is 2.46. The molecule has 0 aliphatic carbocycles. The van der Waals surface area contributed by atoms with E-state index in [1.807, 2.05) is 0 Å². The second kappa shape index (κ2) is 4.08. The lowest BCUT2D eigenvalue weighted by Gasteiger charge is -2.38. The summed E-state index contributed by atoms with van der Waals surface area (Å²) in [6.45, 7) is 23.8. The van der Waals surface area contributed by atoms with Gasteiger partial charge in [0.05, 0.1) is 8.07 Å². The third kappa shape index (κ3) is 4.14. The normalized spacial score (nSPS) is 16.4. The molecule has 0 aromatic rings. The zero-order valence-corrected chi connectivity index (χ0v) is 13.5. The van der Waals surface area contributed by atoms with Crippen LogP contribution in [0.2, 0.25) is 19.6 Å². The number of hydrogen-bond acceptors (Lipinski definition) is 0. The lowest BCUT2D eigenvalue weighted by Crippen LogP contribution is -2.35. The van der Waals surface area contributed by atoms with Crippen molar-refractivity contribution < 1.29 is 0 Å². The molecule has 0 aromatic heterocycles. The molecular weight excluding hydrogens is 196 g/mol. The molecule has 0 aliphatic rings. The average Bonchev–Trinajstić information content (AvgIpc) is 1.76. The van der Waals surface area contributed by atoms with Crippen molar-refractivity contribution in [2.24, 2.45) is 10.8 Å². The van der Waals surface area contributed by atoms with E-state index in [9.17, 15) is 0 Å². The lowest BCUT2D eigenvalue weighted by molar-refractivity contribution is 0.459. The molecule has 0 aromatic carbocycles. The van der Waals surface area contributed by atoms with E-state index in [0.29, 0.717) is 10.8 Å². The van der Waals surface area contributed by atoms with E-state index in [1.54, 1.807) is 10.8 Å². The third-order valence-electron chi connectivity index (χ3n) is 3.00. The predicted octanol–water partition coefficient (Wildman–Crippen LogP) is 5.27. The zero-order valence-electron chi connectivity index (χ0n) is 12.5. The molecule has 0 fully saturated rings. The first-order chi connectivity index (χ1) is 6.28. The fraction of sp³-hybridized carbons (Fsp3) is 0.857. The van der Waals surface area contributed by atoms with Crippen molar-refractivity contribution in [3.05, 3.63) is 10.8 Å². The summed E-state index contributed by atoms with van der Waals surface area (Å²) in [5, 5.41) is 1.74. The number of hydrogen-bond donors (Lipinski definition) is 0. The summed E-state index contributed by atoms with van der Waals surface area (Å²) in [7, 11) is -1.22. The molecule has 0 rings (SSSR count). The van der Waals surface area contributed by atoms with Crippen molar-refractivity contribution >= 4 is 8.07 Å². The Hall–Kier alpha value is -0.0431. The van der Waals surface area contributed by atoms with Gasteiger partial charge < -0.3 is 0 Å². The van der Waals surface area contributed by atoms with Crippen LogP contribution in [0.15, 0.2) is 10.8 Å². The molecule has 90 valence electrons. The molecule has 0 bridgehead atoms. The van der Waals surface area contributed by atoms with Crippen molar-refractivity contribution in [3.63, 3.8) is 0 Å². The van der Waals surface area contributed by atoms with E-state index in [0.717, 1.165) is 0 Å². The van der Waals surface area contributed by atoms with Gasteiger partial charge in [0.15, 0.2) is 0 Å². The first kappa shape index (κ1) is 15.0. The fourth-order valence-electron chi connectivity index (χ4n) is 2.62. The van der Waals surface area contributed by atoms with Gasteiger partial charge in [-0.05, 0) is 17.8 Å². The molecule has 1 heteroatoms. The minimum absolute atomic E-state index is 0.308. The van der Waals surface area contributed by atoms with Gasteiger partial charge in [-0.25, -0.2) is 0 Å². The first-order valence-electron chi connectivity index (χ1n) is 6.00. The SMILES string of the molecule is C/C(=C(\C(C)(C)C)[Si](C)(C)C)C(C)(C)C. The van der Waals surface area contributed by atoms with E-state index in [2.05, 4.69) is 68.1 Å². The topological polar surface area (TPSA) is 0 Å². The summed E-state index contributed by atoms with van der Waals surface area (Å²) in [6, 6.07) is 0. The Bertz CT molecular complexity index is 235. The highest BCUT2D eigenvalue weighted by Gasteiger charge is 2.33. The Morgan fingerprint density at radius 2 is 1.07 bits per heavy atom. The first-order valence-corrected chi connectivity index (χ1v) is 9.50. The summed E-state index contributed by atoms with van der Waals surface area (Å²) < 4.78 is 0. The van der Waals surface area contributed by atoms with Gasteiger partial charge in [-0.15, -0.1) is 0 Å². The van der Waals surface area contributed by atoms with E-state index in [4.69, 9.17) is 0 Å². The van der Waals surface area contributed by atoms with Crippen molar-refractivity contribution in [2.75, 3.05) is 0 Å². The van der Waals surface area contributed by atoms with Crippen LogP contribution in [0.1, 0.15) is 48.5 Å². The van der Waals surface area contributed by atoms with Crippen LogP contribution in [-0.2, 0) is 0 Å². The van der Waals surface area contributed by atoms with Crippen LogP contribution in [0.4, 0.5) is 0 Å². The van der Waals surface area contributed by atoms with Crippen molar-refractivity contribution in [1.29, 1.82) is 0 Å². The summed E-state index contributed by atoms with van der Waals surface area (Å²) in [5.74, 6) is 0. The van der Waals surface area contributed by atoms with Crippen LogP contribution in [-0.4, -0.2) is 8.07 Å². The quantitative estimate of drug-likeness (QED) is 0.534. The van der Waals surface area contributed by atoms with Gasteiger partial charge in [-0.2, -0.15) is 0 Å². The Kier molecular flexibility index (Phi) is 4.07. The molecule has 0 aliphatic heterocycles. The molecule has 0 amide bonds. The molecule has 0 saturated carbocycles. The Balaban J connectivity index is 5.71. The van der Waals surface area contributed by atoms with Gasteiger partial charge >= 0.3 is 0 Å². The summed E-state index contributed by atoms with van der Waals surface area (Å²) in [4.78, 5) is 0. The largest absolute Gasteiger partial charge is 0.0764 e. The molecule has 0 heterocycles. The molecule has 0 nitrogen and oxygen atoms in total. The van der Waals surface area contributed by atoms with Crippen molar-refractivity contribution in [2.45, 2.75) is 68.1 Å². The van der Waals surface area contributed by atoms with Gasteiger partial charge in [0, 0.05) is 0 Å². The van der Waals surface area contributed by atoms with Gasteiger partial charge in [0.2, 0.25) is 0 Å². The van der Waals surface area contributed by atoms with E-state index >= 15 is 0 Å². The smallest absolute Gasteiger partial charge is 0.0730 e. The Morgan fingerprint density at radius 3 is 1.13 bits per heavy atom. The van der Waals surface area contributed by atoms with Gasteiger partial charge in [0.1, 0.15) is 0 Å². The van der Waals surface area contributed by atoms with Crippen LogP contribution in [0, 0.1) is 10.8 Å². The van der Waals surface area contributed by atoms with E-state index in [-0.39, 0.29) is 0 Å². The summed E-state index contributed by atoms with van der Waals surface area (Å²) in [5.41, 5.74) is 2.24. The standard InChI is InChI=1S/C14H30Si/c1-11(13(2,3)4)12(14(5,6)7)15(8,9)10/h1-10H3/b12-11-. The molecule has 0 unspecified atom stereocenters. The predicted molar refractivity (Wildman–Crippen MR) is 75.0 cm³/mol. The van der Waals surface area contributed by atoms with Gasteiger partial charge in [-0.3, -0.25) is 0 Å². The molecule has 0 atom stereocenters. The van der Waals surface area contributed by atoms with Gasteiger partial charge in [0.25, 0.3) is 0 Å². The Labute approximate surface area is 98.2 Å². The lowest BCUT2D eigenvalue weighted by atomic mass is 9.82. The highest BCUT2D eigenvalue weighted by molar-refractivity contribution is 6.83. The monoisotopic (exact) mass is 226 g/mol. The highest BCUT2D eigenvalue weighted by Crippen LogP contribution is 2.40. The molecule has 0 spiro atoms. The van der Waals surface area contributed by atoms with Crippen LogP contribution in [0.3, 0.4) is 0 Å². The maximum Gasteiger partial charge on any atom is 0.0730 e. The second-order valence-corrected chi connectivity index (χ2v) is 12.8. The van der Waals surface area contributed by atoms with Crippen LogP contribution in [0.5, 0.6) is 0 Å². The third-order valence-corrected chi connectivity index (χ3v) is 5.62. The van der Waals surface area contributed by atoms with Crippen LogP contribution >= 0.6 is 0 Å². The zero-order chi connectivity index (χ0) is 12.7. The van der Waals surface area contributed by atoms with Crippen molar-refractivity contribution in [1.82, 2.24) is 0 Å². The average molecular weight is 226 g/mol. The molecular formula is C14H30Si. The fourth-order valence-corrected chi connectivity index (χ4v) is 6.38. The molecule has 0 saturated heterocycles. The number of allylic oxidation sites excluding steroid dienone is 2.